The minimum absolute atomic E-state index is 0.402. The van der Waals surface area contributed by atoms with Crippen molar-refractivity contribution in [3.8, 4) is 0 Å². The molecular weight excluding hydrogens is 126 g/mol. The van der Waals surface area contributed by atoms with Gasteiger partial charge in [-0.3, -0.25) is 4.90 Å². The Morgan fingerprint density at radius 2 is 2.40 bits per heavy atom. The smallest absolute Gasteiger partial charge is 0.110 e. The minimum atomic E-state index is 0.402. The zero-order valence-corrected chi connectivity index (χ0v) is 6.97. The number of rotatable bonds is 2. The second kappa shape index (κ2) is 3.94. The van der Waals surface area contributed by atoms with Crippen molar-refractivity contribution in [2.24, 2.45) is 0 Å². The average molecular weight is 143 g/mol. The molecule has 0 aromatic heterocycles. The van der Waals surface area contributed by atoms with Crippen LogP contribution in [0.25, 0.3) is 0 Å². The SMILES string of the molecule is CCCC1OCCCN1C. The fourth-order valence-electron chi connectivity index (χ4n) is 1.36. The number of hydrogen-bond donors (Lipinski definition) is 0. The van der Waals surface area contributed by atoms with Crippen LogP contribution in [0.5, 0.6) is 0 Å². The van der Waals surface area contributed by atoms with Crippen LogP contribution in [0.3, 0.4) is 0 Å². The van der Waals surface area contributed by atoms with Gasteiger partial charge in [0, 0.05) is 13.2 Å². The highest BCUT2D eigenvalue weighted by atomic mass is 16.5. The topological polar surface area (TPSA) is 12.5 Å². The molecular formula is C8H17NO. The van der Waals surface area contributed by atoms with E-state index in [0.29, 0.717) is 6.23 Å². The molecule has 0 aromatic carbocycles. The quantitative estimate of drug-likeness (QED) is 0.580. The van der Waals surface area contributed by atoms with Crippen LogP contribution in [0, 0.1) is 0 Å². The zero-order valence-electron chi connectivity index (χ0n) is 6.97. The molecule has 0 N–H and O–H groups in total. The van der Waals surface area contributed by atoms with Gasteiger partial charge >= 0.3 is 0 Å². The Kier molecular flexibility index (Phi) is 3.16. The van der Waals surface area contributed by atoms with E-state index in [1.54, 1.807) is 0 Å². The monoisotopic (exact) mass is 143 g/mol. The molecule has 1 aliphatic heterocycles. The Morgan fingerprint density at radius 1 is 1.60 bits per heavy atom. The van der Waals surface area contributed by atoms with E-state index in [1.807, 2.05) is 0 Å². The Bertz CT molecular complexity index is 93.3. The summed E-state index contributed by atoms with van der Waals surface area (Å²) >= 11 is 0. The van der Waals surface area contributed by atoms with Crippen LogP contribution >= 0.6 is 0 Å². The Balaban J connectivity index is 2.25. The summed E-state index contributed by atoms with van der Waals surface area (Å²) in [5, 5.41) is 0. The third-order valence-electron chi connectivity index (χ3n) is 1.99. The summed E-state index contributed by atoms with van der Waals surface area (Å²) in [4.78, 5) is 2.30. The molecule has 1 unspecified atom stereocenters. The summed E-state index contributed by atoms with van der Waals surface area (Å²) in [6.45, 7) is 4.35. The highest BCUT2D eigenvalue weighted by Gasteiger charge is 2.17. The highest BCUT2D eigenvalue weighted by Crippen LogP contribution is 2.11. The minimum Gasteiger partial charge on any atom is -0.363 e. The molecule has 0 spiro atoms. The molecule has 10 heavy (non-hydrogen) atoms. The van der Waals surface area contributed by atoms with Gasteiger partial charge in [-0.2, -0.15) is 0 Å². The molecule has 0 radical (unpaired) electrons. The van der Waals surface area contributed by atoms with E-state index in [2.05, 4.69) is 18.9 Å². The van der Waals surface area contributed by atoms with Gasteiger partial charge in [0.25, 0.3) is 0 Å². The molecule has 0 bridgehead atoms. The van der Waals surface area contributed by atoms with E-state index in [-0.39, 0.29) is 0 Å². The van der Waals surface area contributed by atoms with Crippen molar-refractivity contribution in [1.29, 1.82) is 0 Å². The maximum absolute atomic E-state index is 5.56. The standard InChI is InChI=1S/C8H17NO/c1-3-5-8-9(2)6-4-7-10-8/h8H,3-7H2,1-2H3. The van der Waals surface area contributed by atoms with Crippen LogP contribution in [0.4, 0.5) is 0 Å². The molecule has 0 aromatic rings. The molecule has 1 atom stereocenters. The van der Waals surface area contributed by atoms with Crippen molar-refractivity contribution in [3.63, 3.8) is 0 Å². The van der Waals surface area contributed by atoms with Crippen molar-refractivity contribution < 1.29 is 4.74 Å². The molecule has 1 fully saturated rings. The maximum atomic E-state index is 5.56. The summed E-state index contributed by atoms with van der Waals surface area (Å²) in [5.41, 5.74) is 0. The van der Waals surface area contributed by atoms with Gasteiger partial charge in [0.1, 0.15) is 6.23 Å². The molecule has 1 saturated heterocycles. The third-order valence-corrected chi connectivity index (χ3v) is 1.99. The predicted octanol–water partition coefficient (Wildman–Crippen LogP) is 1.46. The van der Waals surface area contributed by atoms with Gasteiger partial charge in [0.05, 0.1) is 0 Å². The second-order valence-electron chi connectivity index (χ2n) is 2.95. The summed E-state index contributed by atoms with van der Waals surface area (Å²) in [7, 11) is 2.14. The Labute approximate surface area is 63.2 Å². The fourth-order valence-corrected chi connectivity index (χ4v) is 1.36. The van der Waals surface area contributed by atoms with Gasteiger partial charge in [0.2, 0.25) is 0 Å². The summed E-state index contributed by atoms with van der Waals surface area (Å²) in [6.07, 6.45) is 3.99. The van der Waals surface area contributed by atoms with Crippen molar-refractivity contribution in [1.82, 2.24) is 4.90 Å². The summed E-state index contributed by atoms with van der Waals surface area (Å²) in [6, 6.07) is 0. The first-order chi connectivity index (χ1) is 4.84. The lowest BCUT2D eigenvalue weighted by molar-refractivity contribution is -0.0866. The van der Waals surface area contributed by atoms with Crippen molar-refractivity contribution in [2.45, 2.75) is 32.4 Å². The molecule has 0 aliphatic carbocycles. The molecule has 60 valence electrons. The first kappa shape index (κ1) is 8.02. The van der Waals surface area contributed by atoms with Gasteiger partial charge in [-0.25, -0.2) is 0 Å². The van der Waals surface area contributed by atoms with Crippen LogP contribution in [0.15, 0.2) is 0 Å². The lowest BCUT2D eigenvalue weighted by atomic mass is 10.2. The van der Waals surface area contributed by atoms with E-state index in [1.165, 1.54) is 25.8 Å². The predicted molar refractivity (Wildman–Crippen MR) is 41.9 cm³/mol. The molecule has 2 heteroatoms. The van der Waals surface area contributed by atoms with Gasteiger partial charge in [-0.05, 0) is 19.9 Å². The lowest BCUT2D eigenvalue weighted by Gasteiger charge is -2.32. The normalized spacial score (nSPS) is 28.8. The van der Waals surface area contributed by atoms with Crippen LogP contribution in [0.2, 0.25) is 0 Å². The maximum Gasteiger partial charge on any atom is 0.110 e. The van der Waals surface area contributed by atoms with Gasteiger partial charge in [-0.15, -0.1) is 0 Å². The Morgan fingerprint density at radius 3 is 3.00 bits per heavy atom. The first-order valence-electron chi connectivity index (χ1n) is 4.16. The lowest BCUT2D eigenvalue weighted by Crippen LogP contribution is -2.39. The molecule has 0 saturated carbocycles. The number of nitrogens with zero attached hydrogens (tertiary/aromatic N) is 1. The third kappa shape index (κ3) is 1.96. The highest BCUT2D eigenvalue weighted by molar-refractivity contribution is 4.63. The van der Waals surface area contributed by atoms with E-state index in [9.17, 15) is 0 Å². The van der Waals surface area contributed by atoms with Crippen molar-refractivity contribution in [2.75, 3.05) is 20.2 Å². The molecule has 1 heterocycles. The van der Waals surface area contributed by atoms with E-state index >= 15 is 0 Å². The van der Waals surface area contributed by atoms with E-state index < -0.39 is 0 Å². The van der Waals surface area contributed by atoms with Crippen LogP contribution in [-0.4, -0.2) is 31.3 Å². The fraction of sp³-hybridized carbons (Fsp3) is 1.00. The van der Waals surface area contributed by atoms with Crippen molar-refractivity contribution >= 4 is 0 Å². The zero-order chi connectivity index (χ0) is 7.40. The molecule has 2 nitrogen and oxygen atoms in total. The molecule has 0 amide bonds. The van der Waals surface area contributed by atoms with E-state index in [4.69, 9.17) is 4.74 Å². The first-order valence-corrected chi connectivity index (χ1v) is 4.16. The number of ether oxygens (including phenoxy) is 1. The van der Waals surface area contributed by atoms with Gasteiger partial charge in [0.15, 0.2) is 0 Å². The Hall–Kier alpha value is -0.0800. The number of hydrogen-bond acceptors (Lipinski definition) is 2. The molecule has 1 rings (SSSR count). The van der Waals surface area contributed by atoms with Gasteiger partial charge < -0.3 is 4.74 Å². The van der Waals surface area contributed by atoms with Crippen molar-refractivity contribution in [3.05, 3.63) is 0 Å². The second-order valence-corrected chi connectivity index (χ2v) is 2.95. The van der Waals surface area contributed by atoms with Gasteiger partial charge in [-0.1, -0.05) is 13.3 Å². The van der Waals surface area contributed by atoms with E-state index in [0.717, 1.165) is 6.61 Å². The summed E-state index contributed by atoms with van der Waals surface area (Å²) in [5.74, 6) is 0. The van der Waals surface area contributed by atoms with Crippen LogP contribution < -0.4 is 0 Å². The molecule has 1 aliphatic rings. The van der Waals surface area contributed by atoms with Crippen LogP contribution in [-0.2, 0) is 4.74 Å². The summed E-state index contributed by atoms with van der Waals surface area (Å²) < 4.78 is 5.56. The largest absolute Gasteiger partial charge is 0.363 e. The average Bonchev–Trinajstić information content (AvgIpc) is 1.94. The van der Waals surface area contributed by atoms with Crippen LogP contribution in [0.1, 0.15) is 26.2 Å².